The van der Waals surface area contributed by atoms with Crippen LogP contribution < -0.4 is 15.8 Å². The molecular formula is C20H22N4O2S. The molecule has 0 radical (unpaired) electrons. The van der Waals surface area contributed by atoms with Gasteiger partial charge in [0.25, 0.3) is 0 Å². The van der Waals surface area contributed by atoms with Crippen molar-refractivity contribution >= 4 is 28.7 Å². The van der Waals surface area contributed by atoms with Gasteiger partial charge in [0.05, 0.1) is 18.4 Å². The topological polar surface area (TPSA) is 90.1 Å². The van der Waals surface area contributed by atoms with Crippen LogP contribution >= 0.6 is 11.3 Å². The Bertz CT molecular complexity index is 951. The summed E-state index contributed by atoms with van der Waals surface area (Å²) in [7, 11) is 1.65. The van der Waals surface area contributed by atoms with Crippen molar-refractivity contribution in [2.75, 3.05) is 12.4 Å². The van der Waals surface area contributed by atoms with Crippen LogP contribution in [0.5, 0.6) is 5.06 Å². The third-order valence-corrected chi connectivity index (χ3v) is 5.21. The Kier molecular flexibility index (Phi) is 5.71. The highest BCUT2D eigenvalue weighted by atomic mass is 32.1. The van der Waals surface area contributed by atoms with Crippen LogP contribution in [0.2, 0.25) is 0 Å². The van der Waals surface area contributed by atoms with Crippen LogP contribution in [-0.4, -0.2) is 23.0 Å². The van der Waals surface area contributed by atoms with E-state index < -0.39 is 0 Å². The maximum Gasteiger partial charge on any atom is 0.221 e. The summed E-state index contributed by atoms with van der Waals surface area (Å²) in [5.74, 6) is 1.12. The van der Waals surface area contributed by atoms with Crippen molar-refractivity contribution in [2.24, 2.45) is 5.73 Å². The summed E-state index contributed by atoms with van der Waals surface area (Å²) in [4.78, 5) is 21.4. The van der Waals surface area contributed by atoms with Gasteiger partial charge in [-0.25, -0.2) is 9.97 Å². The molecular weight excluding hydrogens is 360 g/mol. The standard InChI is InChI=1S/C20H22N4O2S/c1-4-15-12(2)22-20(16-9-10-18(26-3)27-16)24-19(15)23-14-7-5-13(6-8-14)11-17(21)25/h5-10H,4,11H2,1-3H3,(H2,21,25)(H,22,23,24). The van der Waals surface area contributed by atoms with Crippen LogP contribution in [0.3, 0.4) is 0 Å². The molecule has 0 aliphatic heterocycles. The fourth-order valence-corrected chi connectivity index (χ4v) is 3.58. The number of hydrogen-bond acceptors (Lipinski definition) is 6. The molecule has 0 saturated heterocycles. The van der Waals surface area contributed by atoms with E-state index >= 15 is 0 Å². The van der Waals surface area contributed by atoms with Crippen molar-refractivity contribution in [3.05, 3.63) is 53.2 Å². The molecule has 1 aromatic carbocycles. The van der Waals surface area contributed by atoms with Crippen molar-refractivity contribution in [1.82, 2.24) is 9.97 Å². The van der Waals surface area contributed by atoms with Crippen LogP contribution in [0.1, 0.15) is 23.7 Å². The van der Waals surface area contributed by atoms with E-state index in [1.165, 1.54) is 11.3 Å². The summed E-state index contributed by atoms with van der Waals surface area (Å²) >= 11 is 1.51. The molecule has 140 valence electrons. The SMILES string of the molecule is CCc1c(C)nc(-c2ccc(OC)s2)nc1Nc1ccc(CC(N)=O)cc1. The fourth-order valence-electron chi connectivity index (χ4n) is 2.83. The number of nitrogens with one attached hydrogen (secondary N) is 1. The number of nitrogens with zero attached hydrogens (tertiary/aromatic N) is 2. The van der Waals surface area contributed by atoms with E-state index in [4.69, 9.17) is 15.5 Å². The van der Waals surface area contributed by atoms with Crippen molar-refractivity contribution in [3.8, 4) is 15.8 Å². The molecule has 1 amide bonds. The smallest absolute Gasteiger partial charge is 0.221 e. The first-order valence-electron chi connectivity index (χ1n) is 8.66. The summed E-state index contributed by atoms with van der Waals surface area (Å²) in [5.41, 5.74) is 9.04. The molecule has 27 heavy (non-hydrogen) atoms. The van der Waals surface area contributed by atoms with Gasteiger partial charge in [0, 0.05) is 16.9 Å². The lowest BCUT2D eigenvalue weighted by Crippen LogP contribution is -2.13. The average molecular weight is 382 g/mol. The number of thiophene rings is 1. The van der Waals surface area contributed by atoms with Gasteiger partial charge in [0.2, 0.25) is 5.91 Å². The van der Waals surface area contributed by atoms with Crippen molar-refractivity contribution < 1.29 is 9.53 Å². The van der Waals surface area contributed by atoms with Gasteiger partial charge in [-0.05, 0) is 43.2 Å². The number of benzene rings is 1. The van der Waals surface area contributed by atoms with E-state index in [-0.39, 0.29) is 12.3 Å². The number of nitrogens with two attached hydrogens (primary N) is 1. The molecule has 2 heterocycles. The molecule has 0 bridgehead atoms. The summed E-state index contributed by atoms with van der Waals surface area (Å²) in [5, 5.41) is 4.21. The zero-order valence-corrected chi connectivity index (χ0v) is 16.4. The number of aromatic nitrogens is 2. The third kappa shape index (κ3) is 4.43. The van der Waals surface area contributed by atoms with Crippen molar-refractivity contribution in [2.45, 2.75) is 26.7 Å². The first-order chi connectivity index (χ1) is 13.0. The second kappa shape index (κ2) is 8.18. The maximum absolute atomic E-state index is 11.0. The number of primary amides is 1. The Hall–Kier alpha value is -2.93. The first kappa shape index (κ1) is 18.8. The molecule has 0 aliphatic rings. The largest absolute Gasteiger partial charge is 0.487 e. The number of methoxy groups -OCH3 is 1. The Morgan fingerprint density at radius 1 is 1.19 bits per heavy atom. The number of carbonyl (C=O) groups excluding carboxylic acids is 1. The molecule has 3 aromatic rings. The second-order valence-electron chi connectivity index (χ2n) is 6.10. The van der Waals surface area contributed by atoms with Crippen molar-refractivity contribution in [1.29, 1.82) is 0 Å². The zero-order chi connectivity index (χ0) is 19.4. The molecule has 0 unspecified atom stereocenters. The molecule has 0 atom stereocenters. The number of ether oxygens (including phenoxy) is 1. The average Bonchev–Trinajstić information content (AvgIpc) is 3.12. The monoisotopic (exact) mass is 382 g/mol. The molecule has 0 aliphatic carbocycles. The van der Waals surface area contributed by atoms with Crippen molar-refractivity contribution in [3.63, 3.8) is 0 Å². The highest BCUT2D eigenvalue weighted by molar-refractivity contribution is 7.17. The minimum Gasteiger partial charge on any atom is -0.487 e. The summed E-state index contributed by atoms with van der Waals surface area (Å²) in [6.45, 7) is 4.08. The normalized spacial score (nSPS) is 10.6. The molecule has 0 spiro atoms. The molecule has 2 aromatic heterocycles. The van der Waals surface area contributed by atoms with E-state index in [2.05, 4.69) is 17.2 Å². The van der Waals surface area contributed by atoms with E-state index in [1.807, 2.05) is 43.3 Å². The number of rotatable bonds is 7. The van der Waals surface area contributed by atoms with Gasteiger partial charge in [0.15, 0.2) is 10.9 Å². The molecule has 3 N–H and O–H groups in total. The molecule has 6 nitrogen and oxygen atoms in total. The predicted molar refractivity (Wildman–Crippen MR) is 109 cm³/mol. The highest BCUT2D eigenvalue weighted by Crippen LogP contribution is 2.33. The Balaban J connectivity index is 1.92. The minimum absolute atomic E-state index is 0.234. The minimum atomic E-state index is -0.341. The van der Waals surface area contributed by atoms with Gasteiger partial charge >= 0.3 is 0 Å². The van der Waals surface area contributed by atoms with Gasteiger partial charge in [-0.2, -0.15) is 0 Å². The Morgan fingerprint density at radius 2 is 1.93 bits per heavy atom. The van der Waals surface area contributed by atoms with E-state index in [0.717, 1.165) is 44.7 Å². The van der Waals surface area contributed by atoms with E-state index in [0.29, 0.717) is 5.82 Å². The van der Waals surface area contributed by atoms with E-state index in [1.54, 1.807) is 7.11 Å². The van der Waals surface area contributed by atoms with Crippen LogP contribution in [0.25, 0.3) is 10.7 Å². The van der Waals surface area contributed by atoms with Crippen LogP contribution in [0, 0.1) is 6.92 Å². The highest BCUT2D eigenvalue weighted by Gasteiger charge is 2.14. The van der Waals surface area contributed by atoms with Gasteiger partial charge in [0.1, 0.15) is 5.82 Å². The molecule has 0 fully saturated rings. The summed E-state index contributed by atoms with van der Waals surface area (Å²) < 4.78 is 5.27. The van der Waals surface area contributed by atoms with E-state index in [9.17, 15) is 4.79 Å². The lowest BCUT2D eigenvalue weighted by molar-refractivity contribution is -0.117. The molecule has 3 rings (SSSR count). The van der Waals surface area contributed by atoms with Crippen LogP contribution in [0.15, 0.2) is 36.4 Å². The quantitative estimate of drug-likeness (QED) is 0.648. The first-order valence-corrected chi connectivity index (χ1v) is 9.47. The molecule has 7 heteroatoms. The van der Waals surface area contributed by atoms with Gasteiger partial charge < -0.3 is 15.8 Å². The number of anilines is 2. The van der Waals surface area contributed by atoms with Gasteiger partial charge in [-0.15, -0.1) is 0 Å². The van der Waals surface area contributed by atoms with Gasteiger partial charge in [-0.3, -0.25) is 4.79 Å². The maximum atomic E-state index is 11.0. The number of carbonyl (C=O) groups is 1. The molecule has 0 saturated carbocycles. The van der Waals surface area contributed by atoms with Gasteiger partial charge in [-0.1, -0.05) is 30.4 Å². The van der Waals surface area contributed by atoms with Crippen LogP contribution in [0.4, 0.5) is 11.5 Å². The fraction of sp³-hybridized carbons (Fsp3) is 0.250. The Morgan fingerprint density at radius 3 is 2.52 bits per heavy atom. The summed E-state index contributed by atoms with van der Waals surface area (Å²) in [6, 6.07) is 11.5. The predicted octanol–water partition coefficient (Wildman–Crippen LogP) is 3.86. The summed E-state index contributed by atoms with van der Waals surface area (Å²) in [6.07, 6.45) is 1.05. The zero-order valence-electron chi connectivity index (χ0n) is 15.6. The number of aryl methyl sites for hydroxylation is 1. The number of hydrogen-bond donors (Lipinski definition) is 2. The lowest BCUT2D eigenvalue weighted by atomic mass is 10.1. The Labute approximate surface area is 162 Å². The van der Waals surface area contributed by atoms with Crippen LogP contribution in [-0.2, 0) is 17.6 Å². The lowest BCUT2D eigenvalue weighted by Gasteiger charge is -2.14. The second-order valence-corrected chi connectivity index (χ2v) is 7.15. The number of amides is 1. The third-order valence-electron chi connectivity index (χ3n) is 4.17.